The van der Waals surface area contributed by atoms with Crippen LogP contribution in [-0.4, -0.2) is 39.6 Å². The Labute approximate surface area is 182 Å². The predicted octanol–water partition coefficient (Wildman–Crippen LogP) is 3.62. The minimum absolute atomic E-state index is 0.142. The molecule has 160 valence electrons. The van der Waals surface area contributed by atoms with Crippen LogP contribution in [0.4, 0.5) is 5.13 Å². The van der Waals surface area contributed by atoms with E-state index in [2.05, 4.69) is 16.9 Å². The number of unbranched alkanes of at least 4 members (excludes halogenated alkanes) is 2. The van der Waals surface area contributed by atoms with Crippen LogP contribution < -0.4 is 10.5 Å². The highest BCUT2D eigenvalue weighted by Gasteiger charge is 2.24. The predicted molar refractivity (Wildman–Crippen MR) is 119 cm³/mol. The second kappa shape index (κ2) is 9.94. The summed E-state index contributed by atoms with van der Waals surface area (Å²) in [6.07, 6.45) is 4.17. The Morgan fingerprint density at radius 3 is 2.80 bits per heavy atom. The fourth-order valence-electron chi connectivity index (χ4n) is 2.97. The molecule has 0 bridgehead atoms. The molecule has 1 amide bonds. The van der Waals surface area contributed by atoms with E-state index in [9.17, 15) is 14.4 Å². The number of fused-ring (bicyclic) bond motifs is 1. The van der Waals surface area contributed by atoms with E-state index in [1.807, 2.05) is 0 Å². The van der Waals surface area contributed by atoms with E-state index in [1.54, 1.807) is 30.2 Å². The molecule has 3 heterocycles. The average molecular weight is 449 g/mol. The van der Waals surface area contributed by atoms with Gasteiger partial charge in [0.25, 0.3) is 5.56 Å². The van der Waals surface area contributed by atoms with Gasteiger partial charge >= 0.3 is 5.97 Å². The summed E-state index contributed by atoms with van der Waals surface area (Å²) in [6, 6.07) is 1.71. The quantitative estimate of drug-likeness (QED) is 0.367. The molecule has 0 radical (unpaired) electrons. The van der Waals surface area contributed by atoms with Gasteiger partial charge in [0.05, 0.1) is 24.0 Å². The van der Waals surface area contributed by atoms with Gasteiger partial charge in [-0.2, -0.15) is 0 Å². The number of thiazole rings is 1. The van der Waals surface area contributed by atoms with Gasteiger partial charge in [0.2, 0.25) is 5.91 Å². The summed E-state index contributed by atoms with van der Waals surface area (Å²) >= 11 is 2.52. The summed E-state index contributed by atoms with van der Waals surface area (Å²) in [5.41, 5.74) is 0.283. The number of esters is 1. The Hall–Kier alpha value is -2.59. The van der Waals surface area contributed by atoms with Crippen molar-refractivity contribution >= 4 is 49.9 Å². The van der Waals surface area contributed by atoms with Gasteiger partial charge in [-0.15, -0.1) is 11.3 Å². The van der Waals surface area contributed by atoms with Gasteiger partial charge in [-0.25, -0.2) is 14.8 Å². The van der Waals surface area contributed by atoms with E-state index in [1.165, 1.54) is 22.2 Å². The molecule has 0 fully saturated rings. The first-order chi connectivity index (χ1) is 14.5. The maximum Gasteiger partial charge on any atom is 0.350 e. The summed E-state index contributed by atoms with van der Waals surface area (Å²) < 4.78 is 6.40. The van der Waals surface area contributed by atoms with Crippen LogP contribution in [0.1, 0.15) is 48.5 Å². The second-order valence-electron chi connectivity index (χ2n) is 6.70. The first-order valence-corrected chi connectivity index (χ1v) is 11.5. The Bertz CT molecular complexity index is 1100. The van der Waals surface area contributed by atoms with Crippen LogP contribution in [0.25, 0.3) is 10.2 Å². The number of thiophene rings is 1. The van der Waals surface area contributed by atoms with Gasteiger partial charge in [-0.3, -0.25) is 19.1 Å². The number of hydrogen-bond donors (Lipinski definition) is 0. The Morgan fingerprint density at radius 2 is 2.07 bits per heavy atom. The molecule has 8 nitrogen and oxygen atoms in total. The highest BCUT2D eigenvalue weighted by atomic mass is 32.1. The number of nitrogens with zero attached hydrogens (tertiary/aromatic N) is 4. The fourth-order valence-corrected chi connectivity index (χ4v) is 4.70. The third-order valence-corrected chi connectivity index (χ3v) is 6.50. The van der Waals surface area contributed by atoms with Crippen LogP contribution in [-0.2, 0) is 16.1 Å². The maximum absolute atomic E-state index is 13.1. The SMILES string of the molecule is CCCCCN(C(=O)Cn1cnc2sccc2c1=O)c1nc(C)c(C(=O)OCC)s1. The zero-order valence-corrected chi connectivity index (χ0v) is 18.8. The van der Waals surface area contributed by atoms with Gasteiger partial charge in [0.15, 0.2) is 5.13 Å². The first kappa shape index (κ1) is 22.1. The molecule has 0 N–H and O–H groups in total. The first-order valence-electron chi connectivity index (χ1n) is 9.83. The van der Waals surface area contributed by atoms with Crippen molar-refractivity contribution < 1.29 is 14.3 Å². The lowest BCUT2D eigenvalue weighted by Gasteiger charge is -2.20. The molecule has 0 spiro atoms. The molecule has 0 saturated carbocycles. The number of aromatic nitrogens is 3. The van der Waals surface area contributed by atoms with Gasteiger partial charge in [0.1, 0.15) is 16.3 Å². The molecule has 0 aromatic carbocycles. The molecular formula is C20H24N4O4S2. The summed E-state index contributed by atoms with van der Waals surface area (Å²) in [5.74, 6) is -0.711. The smallest absolute Gasteiger partial charge is 0.350 e. The third-order valence-electron chi connectivity index (χ3n) is 4.52. The van der Waals surface area contributed by atoms with Gasteiger partial charge < -0.3 is 4.74 Å². The molecule has 30 heavy (non-hydrogen) atoms. The summed E-state index contributed by atoms with van der Waals surface area (Å²) in [5, 5.41) is 2.74. The van der Waals surface area contributed by atoms with Gasteiger partial charge in [0, 0.05) is 6.54 Å². The summed E-state index contributed by atoms with van der Waals surface area (Å²) in [4.78, 5) is 49.2. The van der Waals surface area contributed by atoms with E-state index < -0.39 is 5.97 Å². The lowest BCUT2D eigenvalue weighted by molar-refractivity contribution is -0.119. The zero-order valence-electron chi connectivity index (χ0n) is 17.2. The second-order valence-corrected chi connectivity index (χ2v) is 8.57. The number of carbonyl (C=O) groups is 2. The largest absolute Gasteiger partial charge is 0.462 e. The summed E-state index contributed by atoms with van der Waals surface area (Å²) in [6.45, 7) is 6.14. The van der Waals surface area contributed by atoms with E-state index in [-0.39, 0.29) is 24.6 Å². The van der Waals surface area contributed by atoms with Crippen molar-refractivity contribution in [3.8, 4) is 0 Å². The topological polar surface area (TPSA) is 94.4 Å². The molecule has 0 unspecified atom stereocenters. The summed E-state index contributed by atoms with van der Waals surface area (Å²) in [7, 11) is 0. The average Bonchev–Trinajstić information content (AvgIpc) is 3.34. The lowest BCUT2D eigenvalue weighted by Crippen LogP contribution is -2.37. The Balaban J connectivity index is 1.88. The number of ether oxygens (including phenoxy) is 1. The van der Waals surface area contributed by atoms with Crippen LogP contribution >= 0.6 is 22.7 Å². The molecule has 3 aromatic rings. The molecule has 0 atom stereocenters. The van der Waals surface area contributed by atoms with E-state index >= 15 is 0 Å². The van der Waals surface area contributed by atoms with Crippen molar-refractivity contribution in [2.75, 3.05) is 18.1 Å². The number of amides is 1. The lowest BCUT2D eigenvalue weighted by atomic mass is 10.2. The Kier molecular flexibility index (Phi) is 7.33. The van der Waals surface area contributed by atoms with Crippen molar-refractivity contribution in [1.29, 1.82) is 0 Å². The van der Waals surface area contributed by atoms with Crippen molar-refractivity contribution in [1.82, 2.24) is 14.5 Å². The molecular weight excluding hydrogens is 424 g/mol. The van der Waals surface area contributed by atoms with Crippen molar-refractivity contribution in [2.24, 2.45) is 0 Å². The van der Waals surface area contributed by atoms with Crippen LogP contribution in [0.3, 0.4) is 0 Å². The highest BCUT2D eigenvalue weighted by molar-refractivity contribution is 7.17. The molecule has 0 saturated heterocycles. The third kappa shape index (κ3) is 4.76. The normalized spacial score (nSPS) is 11.0. The number of hydrogen-bond acceptors (Lipinski definition) is 8. The Morgan fingerprint density at radius 1 is 1.27 bits per heavy atom. The molecule has 10 heteroatoms. The van der Waals surface area contributed by atoms with Gasteiger partial charge in [-0.1, -0.05) is 31.1 Å². The number of carbonyl (C=O) groups excluding carboxylic acids is 2. The van der Waals surface area contributed by atoms with E-state index in [0.717, 1.165) is 30.6 Å². The molecule has 3 aromatic heterocycles. The zero-order chi connectivity index (χ0) is 21.7. The van der Waals surface area contributed by atoms with Gasteiger partial charge in [-0.05, 0) is 31.7 Å². The van der Waals surface area contributed by atoms with Crippen LogP contribution in [0.15, 0.2) is 22.6 Å². The van der Waals surface area contributed by atoms with Crippen LogP contribution in [0.2, 0.25) is 0 Å². The monoisotopic (exact) mass is 448 g/mol. The van der Waals surface area contributed by atoms with Crippen LogP contribution in [0, 0.1) is 6.92 Å². The standard InChI is InChI=1S/C20H24N4O4S2/c1-4-6-7-9-24(20-22-13(3)16(30-20)19(27)28-5-2)15(25)11-23-12-21-17-14(18(23)26)8-10-29-17/h8,10,12H,4-7,9,11H2,1-3H3. The molecule has 3 rings (SSSR count). The number of rotatable bonds is 9. The van der Waals surface area contributed by atoms with Crippen molar-refractivity contribution in [2.45, 2.75) is 46.6 Å². The molecule has 0 aliphatic heterocycles. The molecule has 0 aliphatic rings. The maximum atomic E-state index is 13.1. The van der Waals surface area contributed by atoms with Crippen LogP contribution in [0.5, 0.6) is 0 Å². The number of anilines is 1. The van der Waals surface area contributed by atoms with E-state index in [4.69, 9.17) is 4.74 Å². The van der Waals surface area contributed by atoms with Crippen molar-refractivity contribution in [3.63, 3.8) is 0 Å². The van der Waals surface area contributed by atoms with Crippen molar-refractivity contribution in [3.05, 3.63) is 38.7 Å². The number of aryl methyl sites for hydroxylation is 1. The molecule has 0 aliphatic carbocycles. The fraction of sp³-hybridized carbons (Fsp3) is 0.450. The highest BCUT2D eigenvalue weighted by Crippen LogP contribution is 2.27. The minimum atomic E-state index is -0.442. The minimum Gasteiger partial charge on any atom is -0.462 e. The van der Waals surface area contributed by atoms with E-state index in [0.29, 0.717) is 32.5 Å².